The van der Waals surface area contributed by atoms with E-state index >= 15 is 0 Å². The lowest BCUT2D eigenvalue weighted by Crippen LogP contribution is -2.39. The van der Waals surface area contributed by atoms with E-state index in [1.807, 2.05) is 30.5 Å². The van der Waals surface area contributed by atoms with Crippen molar-refractivity contribution >= 4 is 46.6 Å². The number of aromatic nitrogens is 1. The second kappa shape index (κ2) is 9.70. The molecule has 8 heteroatoms. The lowest BCUT2D eigenvalue weighted by atomic mass is 10.2. The van der Waals surface area contributed by atoms with E-state index < -0.39 is 17.8 Å². The summed E-state index contributed by atoms with van der Waals surface area (Å²) in [6.07, 6.45) is 5.37. The minimum atomic E-state index is -0.459. The average molecular weight is 461 g/mol. The molecule has 1 N–H and O–H groups in total. The van der Waals surface area contributed by atoms with Gasteiger partial charge in [-0.25, -0.2) is 9.69 Å². The van der Waals surface area contributed by atoms with E-state index in [0.29, 0.717) is 16.9 Å². The molecule has 0 saturated carbocycles. The molecule has 0 saturated heterocycles. The molecule has 166 valence electrons. The maximum atomic E-state index is 13.5. The van der Waals surface area contributed by atoms with E-state index in [1.54, 1.807) is 66.3 Å². The SMILES string of the molecule is CCOC(=O)c1ccc(NC2=C([n+]3ccccc3)C(=O)N(c3cccc(SC)c3)C2=O)cc1. The molecule has 4 rings (SSSR count). The van der Waals surface area contributed by atoms with Gasteiger partial charge in [-0.3, -0.25) is 9.59 Å². The number of thioether (sulfide) groups is 1. The van der Waals surface area contributed by atoms with Crippen molar-refractivity contribution in [1.82, 2.24) is 0 Å². The van der Waals surface area contributed by atoms with E-state index in [2.05, 4.69) is 5.32 Å². The van der Waals surface area contributed by atoms with Crippen molar-refractivity contribution in [3.63, 3.8) is 0 Å². The highest BCUT2D eigenvalue weighted by molar-refractivity contribution is 7.98. The summed E-state index contributed by atoms with van der Waals surface area (Å²) in [5.74, 6) is -1.31. The number of pyridine rings is 1. The Bertz CT molecular complexity index is 1240. The molecule has 0 unspecified atom stereocenters. The fourth-order valence-electron chi connectivity index (χ4n) is 3.45. The second-order valence-corrected chi connectivity index (χ2v) is 7.96. The third-order valence-electron chi connectivity index (χ3n) is 5.01. The lowest BCUT2D eigenvalue weighted by Gasteiger charge is -2.15. The van der Waals surface area contributed by atoms with Gasteiger partial charge < -0.3 is 10.1 Å². The Balaban J connectivity index is 1.72. The summed E-state index contributed by atoms with van der Waals surface area (Å²) < 4.78 is 6.63. The van der Waals surface area contributed by atoms with Crippen molar-refractivity contribution in [1.29, 1.82) is 0 Å². The predicted molar refractivity (Wildman–Crippen MR) is 127 cm³/mol. The molecule has 1 aliphatic rings. The molecule has 2 aromatic carbocycles. The van der Waals surface area contributed by atoms with Crippen molar-refractivity contribution < 1.29 is 23.7 Å². The number of esters is 1. The molecule has 0 fully saturated rings. The smallest absolute Gasteiger partial charge is 0.338 e. The van der Waals surface area contributed by atoms with Gasteiger partial charge in [-0.1, -0.05) is 12.1 Å². The first-order valence-electron chi connectivity index (χ1n) is 10.3. The predicted octanol–water partition coefficient (Wildman–Crippen LogP) is 3.73. The quantitative estimate of drug-likeness (QED) is 0.251. The first kappa shape index (κ1) is 22.3. The van der Waals surface area contributed by atoms with Crippen LogP contribution < -0.4 is 14.8 Å². The van der Waals surface area contributed by atoms with Crippen LogP contribution in [0.4, 0.5) is 11.4 Å². The van der Waals surface area contributed by atoms with E-state index in [1.165, 1.54) is 16.7 Å². The van der Waals surface area contributed by atoms with Gasteiger partial charge in [0.1, 0.15) is 0 Å². The van der Waals surface area contributed by atoms with Gasteiger partial charge in [0.05, 0.1) is 17.9 Å². The lowest BCUT2D eigenvalue weighted by molar-refractivity contribution is -0.577. The number of hydrogen-bond acceptors (Lipinski definition) is 6. The van der Waals surface area contributed by atoms with Crippen LogP contribution in [0.25, 0.3) is 5.70 Å². The number of nitrogens with zero attached hydrogens (tertiary/aromatic N) is 2. The summed E-state index contributed by atoms with van der Waals surface area (Å²) in [4.78, 5) is 40.9. The van der Waals surface area contributed by atoms with Gasteiger partial charge in [-0.05, 0) is 55.6 Å². The van der Waals surface area contributed by atoms with Gasteiger partial charge >= 0.3 is 17.6 Å². The number of rotatable bonds is 7. The number of carbonyl (C=O) groups is 3. The van der Waals surface area contributed by atoms with Crippen molar-refractivity contribution in [2.24, 2.45) is 0 Å². The Morgan fingerprint density at radius 2 is 1.73 bits per heavy atom. The molecular formula is C25H22N3O4S+. The van der Waals surface area contributed by atoms with E-state index in [4.69, 9.17) is 4.74 Å². The highest BCUT2D eigenvalue weighted by Crippen LogP contribution is 2.30. The van der Waals surface area contributed by atoms with Crippen LogP contribution in [0.2, 0.25) is 0 Å². The van der Waals surface area contributed by atoms with Gasteiger partial charge in [0.25, 0.3) is 5.91 Å². The van der Waals surface area contributed by atoms with Gasteiger partial charge in [0, 0.05) is 22.7 Å². The molecular weight excluding hydrogens is 438 g/mol. The number of imide groups is 1. The van der Waals surface area contributed by atoms with Gasteiger partial charge in [-0.15, -0.1) is 11.8 Å². The van der Waals surface area contributed by atoms with Gasteiger partial charge in [0.15, 0.2) is 18.1 Å². The van der Waals surface area contributed by atoms with Crippen molar-refractivity contribution in [3.05, 3.63) is 90.4 Å². The van der Waals surface area contributed by atoms with Crippen molar-refractivity contribution in [3.8, 4) is 0 Å². The molecule has 0 radical (unpaired) electrons. The first-order valence-corrected chi connectivity index (χ1v) is 11.5. The van der Waals surface area contributed by atoms with E-state index in [0.717, 1.165) is 4.90 Å². The number of benzene rings is 2. The highest BCUT2D eigenvalue weighted by atomic mass is 32.2. The maximum Gasteiger partial charge on any atom is 0.338 e. The zero-order valence-electron chi connectivity index (χ0n) is 18.1. The van der Waals surface area contributed by atoms with Crippen LogP contribution in [0.5, 0.6) is 0 Å². The summed E-state index contributed by atoms with van der Waals surface area (Å²) in [7, 11) is 0. The Kier molecular flexibility index (Phi) is 6.55. The van der Waals surface area contributed by atoms with Crippen LogP contribution in [0.15, 0.2) is 89.7 Å². The Hall–Kier alpha value is -3.91. The summed E-state index contributed by atoms with van der Waals surface area (Å²) in [6, 6.07) is 19.2. The average Bonchev–Trinajstić information content (AvgIpc) is 3.09. The Morgan fingerprint density at radius 1 is 1.00 bits per heavy atom. The molecule has 7 nitrogen and oxygen atoms in total. The highest BCUT2D eigenvalue weighted by Gasteiger charge is 2.46. The number of carbonyl (C=O) groups excluding carboxylic acids is 3. The molecule has 2 amide bonds. The molecule has 0 bridgehead atoms. The second-order valence-electron chi connectivity index (χ2n) is 7.08. The largest absolute Gasteiger partial charge is 0.462 e. The zero-order chi connectivity index (χ0) is 23.4. The standard InChI is InChI=1S/C25H21N3O4S/c1-3-32-25(31)17-10-12-18(13-11-17)26-21-22(27-14-5-4-6-15-27)24(30)28(23(21)29)19-8-7-9-20(16-19)33-2/h4-16H,3H2,1-2H3/p+1. The van der Waals surface area contributed by atoms with Crippen LogP contribution >= 0.6 is 11.8 Å². The molecule has 33 heavy (non-hydrogen) atoms. The fourth-order valence-corrected chi connectivity index (χ4v) is 3.90. The number of hydrogen-bond donors (Lipinski definition) is 1. The third kappa shape index (κ3) is 4.51. The van der Waals surface area contributed by atoms with Crippen LogP contribution in [-0.4, -0.2) is 30.6 Å². The monoisotopic (exact) mass is 460 g/mol. The molecule has 2 heterocycles. The van der Waals surface area contributed by atoms with Crippen molar-refractivity contribution in [2.75, 3.05) is 23.1 Å². The number of amides is 2. The third-order valence-corrected chi connectivity index (χ3v) is 5.74. The van der Waals surface area contributed by atoms with Crippen LogP contribution in [0, 0.1) is 0 Å². The zero-order valence-corrected chi connectivity index (χ0v) is 19.0. The topological polar surface area (TPSA) is 79.6 Å². The number of anilines is 2. The first-order chi connectivity index (χ1) is 16.0. The minimum Gasteiger partial charge on any atom is -0.462 e. The molecule has 3 aromatic rings. The molecule has 1 aliphatic heterocycles. The number of nitrogens with one attached hydrogen (secondary N) is 1. The summed E-state index contributed by atoms with van der Waals surface area (Å²) in [5.41, 5.74) is 1.82. The van der Waals surface area contributed by atoms with Gasteiger partial charge in [0.2, 0.25) is 0 Å². The normalized spacial score (nSPS) is 13.5. The summed E-state index contributed by atoms with van der Waals surface area (Å²) >= 11 is 1.53. The van der Waals surface area contributed by atoms with Crippen LogP contribution in [0.3, 0.4) is 0 Å². The van der Waals surface area contributed by atoms with Crippen molar-refractivity contribution in [2.45, 2.75) is 11.8 Å². The van der Waals surface area contributed by atoms with E-state index in [-0.39, 0.29) is 18.0 Å². The van der Waals surface area contributed by atoms with Crippen LogP contribution in [0.1, 0.15) is 17.3 Å². The van der Waals surface area contributed by atoms with E-state index in [9.17, 15) is 14.4 Å². The Labute approximate surface area is 195 Å². The molecule has 0 atom stereocenters. The Morgan fingerprint density at radius 3 is 2.39 bits per heavy atom. The number of ether oxygens (including phenoxy) is 1. The minimum absolute atomic E-state index is 0.148. The molecule has 1 aromatic heterocycles. The summed E-state index contributed by atoms with van der Waals surface area (Å²) in [5, 5.41) is 3.09. The van der Waals surface area contributed by atoms with Crippen LogP contribution in [-0.2, 0) is 14.3 Å². The molecule has 0 aliphatic carbocycles. The summed E-state index contributed by atoms with van der Waals surface area (Å²) in [6.45, 7) is 2.03. The maximum absolute atomic E-state index is 13.5. The molecule has 0 spiro atoms. The fraction of sp³-hybridized carbons (Fsp3) is 0.120. The van der Waals surface area contributed by atoms with Gasteiger partial charge in [-0.2, -0.15) is 4.57 Å².